The van der Waals surface area contributed by atoms with Gasteiger partial charge in [-0.05, 0) is 22.8 Å². The summed E-state index contributed by atoms with van der Waals surface area (Å²) in [5.74, 6) is -0.717. The summed E-state index contributed by atoms with van der Waals surface area (Å²) in [6, 6.07) is 14.5. The monoisotopic (exact) mass is 349 g/mol. The molecule has 0 bridgehead atoms. The Hall–Kier alpha value is -3.15. The molecule has 0 aromatic heterocycles. The highest BCUT2D eigenvalue weighted by Crippen LogP contribution is 2.25. The lowest BCUT2D eigenvalue weighted by Gasteiger charge is -2.36. The second-order valence-electron chi connectivity index (χ2n) is 6.66. The third-order valence-corrected chi connectivity index (χ3v) is 5.02. The lowest BCUT2D eigenvalue weighted by atomic mass is 9.93. The summed E-state index contributed by atoms with van der Waals surface area (Å²) in [7, 11) is 0. The van der Waals surface area contributed by atoms with E-state index in [1.165, 1.54) is 11.9 Å². The lowest BCUT2D eigenvalue weighted by molar-refractivity contribution is -0.142. The molecule has 26 heavy (non-hydrogen) atoms. The molecule has 1 unspecified atom stereocenters. The Morgan fingerprint density at radius 2 is 1.62 bits per heavy atom. The van der Waals surface area contributed by atoms with Crippen molar-refractivity contribution in [2.75, 3.05) is 0 Å². The van der Waals surface area contributed by atoms with Gasteiger partial charge in [0.25, 0.3) is 11.8 Å². The van der Waals surface area contributed by atoms with Crippen molar-refractivity contribution >= 4 is 17.7 Å². The average Bonchev–Trinajstić information content (AvgIpc) is 2.96. The van der Waals surface area contributed by atoms with Gasteiger partial charge in [-0.15, -0.1) is 0 Å². The normalized spacial score (nSPS) is 18.3. The summed E-state index contributed by atoms with van der Waals surface area (Å²) >= 11 is 0. The maximum Gasteiger partial charge on any atom is 0.272 e. The van der Waals surface area contributed by atoms with Gasteiger partial charge < -0.3 is 4.90 Å². The highest BCUT2D eigenvalue weighted by atomic mass is 16.2. The fourth-order valence-electron chi connectivity index (χ4n) is 3.64. The lowest BCUT2D eigenvalue weighted by Crippen LogP contribution is -2.55. The van der Waals surface area contributed by atoms with Crippen LogP contribution in [0.15, 0.2) is 48.5 Å². The number of hydrazine groups is 1. The van der Waals surface area contributed by atoms with E-state index in [-0.39, 0.29) is 17.7 Å². The van der Waals surface area contributed by atoms with Gasteiger partial charge in [0.2, 0.25) is 5.91 Å². The Bertz CT molecular complexity index is 909. The predicted molar refractivity (Wildman–Crippen MR) is 94.6 cm³/mol. The second kappa shape index (κ2) is 6.29. The highest BCUT2D eigenvalue weighted by molar-refractivity contribution is 6.00. The minimum Gasteiger partial charge on any atom is -0.326 e. The van der Waals surface area contributed by atoms with Crippen molar-refractivity contribution in [3.63, 3.8) is 0 Å². The molecule has 6 nitrogen and oxygen atoms in total. The smallest absolute Gasteiger partial charge is 0.272 e. The summed E-state index contributed by atoms with van der Waals surface area (Å²) in [4.78, 5) is 39.0. The molecule has 0 saturated heterocycles. The number of fused-ring (bicyclic) bond motifs is 2. The molecule has 0 spiro atoms. The number of hydrogen-bond donors (Lipinski definition) is 1. The van der Waals surface area contributed by atoms with Crippen molar-refractivity contribution in [3.05, 3.63) is 70.8 Å². The van der Waals surface area contributed by atoms with Gasteiger partial charge in [-0.25, -0.2) is 5.01 Å². The minimum absolute atomic E-state index is 0.157. The first-order valence-electron chi connectivity index (χ1n) is 8.59. The number of carbonyl (C=O) groups excluding carboxylic acids is 3. The van der Waals surface area contributed by atoms with Crippen LogP contribution in [0.5, 0.6) is 0 Å². The number of carbonyl (C=O) groups is 3. The summed E-state index contributed by atoms with van der Waals surface area (Å²) in [6.07, 6.45) is 0.441. The Morgan fingerprint density at radius 3 is 2.31 bits per heavy atom. The van der Waals surface area contributed by atoms with Crippen LogP contribution >= 0.6 is 0 Å². The summed E-state index contributed by atoms with van der Waals surface area (Å²) < 4.78 is 0. The molecule has 132 valence electrons. The van der Waals surface area contributed by atoms with Crippen LogP contribution in [0.3, 0.4) is 0 Å². The van der Waals surface area contributed by atoms with Gasteiger partial charge in [-0.3, -0.25) is 19.8 Å². The molecule has 4 rings (SSSR count). The van der Waals surface area contributed by atoms with E-state index in [4.69, 9.17) is 0 Å². The fraction of sp³-hybridized carbons (Fsp3) is 0.250. The zero-order valence-electron chi connectivity index (χ0n) is 14.4. The van der Waals surface area contributed by atoms with E-state index in [0.717, 1.165) is 16.7 Å². The standard InChI is InChI=1S/C20H19N3O3/c1-13(24)22-11-15-7-3-2-6-14(15)10-18(22)19(25)21-23-12-16-8-4-5-9-17(16)20(23)26/h2-9,18H,10-12H2,1H3,(H,21,25). The predicted octanol–water partition coefficient (Wildman–Crippen LogP) is 1.65. The van der Waals surface area contributed by atoms with Gasteiger partial charge in [0.1, 0.15) is 6.04 Å². The molecule has 0 saturated carbocycles. The van der Waals surface area contributed by atoms with Crippen molar-refractivity contribution in [3.8, 4) is 0 Å². The van der Waals surface area contributed by atoms with Gasteiger partial charge in [-0.2, -0.15) is 0 Å². The summed E-state index contributed by atoms with van der Waals surface area (Å²) in [6.45, 7) is 2.20. The Balaban J connectivity index is 1.54. The minimum atomic E-state index is -0.626. The molecule has 2 aliphatic rings. The van der Waals surface area contributed by atoms with Crippen LogP contribution in [0.25, 0.3) is 0 Å². The van der Waals surface area contributed by atoms with Gasteiger partial charge in [-0.1, -0.05) is 42.5 Å². The molecule has 0 radical (unpaired) electrons. The van der Waals surface area contributed by atoms with Gasteiger partial charge >= 0.3 is 0 Å². The number of nitrogens with zero attached hydrogens (tertiary/aromatic N) is 2. The number of rotatable bonds is 2. The van der Waals surface area contributed by atoms with E-state index in [1.54, 1.807) is 17.0 Å². The average molecular weight is 349 g/mol. The van der Waals surface area contributed by atoms with E-state index >= 15 is 0 Å². The third-order valence-electron chi connectivity index (χ3n) is 5.02. The van der Waals surface area contributed by atoms with Crippen LogP contribution in [0.4, 0.5) is 0 Å². The quantitative estimate of drug-likeness (QED) is 0.896. The van der Waals surface area contributed by atoms with Gasteiger partial charge in [0.15, 0.2) is 0 Å². The zero-order valence-corrected chi connectivity index (χ0v) is 14.4. The molecule has 6 heteroatoms. The first-order valence-corrected chi connectivity index (χ1v) is 8.59. The van der Waals surface area contributed by atoms with Crippen LogP contribution in [-0.2, 0) is 29.1 Å². The maximum atomic E-state index is 12.9. The third kappa shape index (κ3) is 2.73. The van der Waals surface area contributed by atoms with E-state index in [9.17, 15) is 14.4 Å². The van der Waals surface area contributed by atoms with Crippen molar-refractivity contribution in [2.45, 2.75) is 32.5 Å². The van der Waals surface area contributed by atoms with Crippen LogP contribution in [0.2, 0.25) is 0 Å². The van der Waals surface area contributed by atoms with E-state index < -0.39 is 6.04 Å². The largest absolute Gasteiger partial charge is 0.326 e. The maximum absolute atomic E-state index is 12.9. The number of nitrogens with one attached hydrogen (secondary N) is 1. The Labute approximate surface area is 151 Å². The SMILES string of the molecule is CC(=O)N1Cc2ccccc2CC1C(=O)NN1Cc2ccccc2C1=O. The molecule has 2 aromatic rings. The molecule has 1 atom stereocenters. The molecule has 3 amide bonds. The molecule has 2 heterocycles. The molecular formula is C20H19N3O3. The van der Waals surface area contributed by atoms with E-state index in [2.05, 4.69) is 5.43 Å². The zero-order chi connectivity index (χ0) is 18.3. The fourth-order valence-corrected chi connectivity index (χ4v) is 3.64. The molecule has 1 N–H and O–H groups in total. The van der Waals surface area contributed by atoms with Crippen molar-refractivity contribution in [1.29, 1.82) is 0 Å². The number of benzene rings is 2. The van der Waals surface area contributed by atoms with Crippen molar-refractivity contribution < 1.29 is 14.4 Å². The molecule has 0 fully saturated rings. The van der Waals surface area contributed by atoms with Crippen LogP contribution in [-0.4, -0.2) is 33.7 Å². The van der Waals surface area contributed by atoms with Gasteiger partial charge in [0, 0.05) is 25.5 Å². The first-order chi connectivity index (χ1) is 12.5. The second-order valence-corrected chi connectivity index (χ2v) is 6.66. The van der Waals surface area contributed by atoms with Gasteiger partial charge in [0.05, 0.1) is 6.54 Å². The molecule has 2 aliphatic heterocycles. The van der Waals surface area contributed by atoms with Crippen LogP contribution in [0, 0.1) is 0 Å². The van der Waals surface area contributed by atoms with Crippen molar-refractivity contribution in [1.82, 2.24) is 15.3 Å². The summed E-state index contributed by atoms with van der Waals surface area (Å²) in [5.41, 5.74) is 6.31. The van der Waals surface area contributed by atoms with E-state index in [1.807, 2.05) is 36.4 Å². The first kappa shape index (κ1) is 16.3. The Kier molecular flexibility index (Phi) is 3.95. The molecule has 0 aliphatic carbocycles. The van der Waals surface area contributed by atoms with Crippen LogP contribution < -0.4 is 5.43 Å². The molecular weight excluding hydrogens is 330 g/mol. The molecule has 2 aromatic carbocycles. The van der Waals surface area contributed by atoms with Crippen LogP contribution in [0.1, 0.15) is 34.0 Å². The van der Waals surface area contributed by atoms with E-state index in [0.29, 0.717) is 25.1 Å². The number of hydrogen-bond acceptors (Lipinski definition) is 3. The van der Waals surface area contributed by atoms with Crippen molar-refractivity contribution in [2.24, 2.45) is 0 Å². The number of amides is 3. The highest BCUT2D eigenvalue weighted by Gasteiger charge is 2.36. The topological polar surface area (TPSA) is 69.7 Å². The summed E-state index contributed by atoms with van der Waals surface area (Å²) in [5, 5.41) is 1.33. The Morgan fingerprint density at radius 1 is 0.962 bits per heavy atom.